The Morgan fingerprint density at radius 2 is 2.36 bits per heavy atom. The van der Waals surface area contributed by atoms with E-state index in [0.29, 0.717) is 0 Å². The number of hydrogen-bond donors (Lipinski definition) is 1. The number of rotatable bonds is 2. The summed E-state index contributed by atoms with van der Waals surface area (Å²) in [4.78, 5) is 10.5. The number of esters is 1. The molecular formula is C8H13NO2. The van der Waals surface area contributed by atoms with Gasteiger partial charge in [-0.2, -0.15) is 0 Å². The molecule has 0 radical (unpaired) electrons. The minimum Gasteiger partial charge on any atom is -0.459 e. The fraction of sp³-hybridized carbons (Fsp3) is 0.625. The second-order valence-corrected chi connectivity index (χ2v) is 2.16. The molecule has 62 valence electrons. The standard InChI is InChI=1S/C8H13NO2/c1-3-4-7(9)5-6-8(10)11-2/h7H,3-4,9H2,1-2H3. The van der Waals surface area contributed by atoms with Gasteiger partial charge in [-0.3, -0.25) is 0 Å². The molecular weight excluding hydrogens is 142 g/mol. The molecule has 0 heterocycles. The van der Waals surface area contributed by atoms with E-state index in [2.05, 4.69) is 16.6 Å². The summed E-state index contributed by atoms with van der Waals surface area (Å²) < 4.78 is 4.31. The van der Waals surface area contributed by atoms with Gasteiger partial charge < -0.3 is 10.5 Å². The number of methoxy groups -OCH3 is 1. The van der Waals surface area contributed by atoms with Crippen LogP contribution in [0.5, 0.6) is 0 Å². The first-order valence-corrected chi connectivity index (χ1v) is 3.55. The van der Waals surface area contributed by atoms with Crippen molar-refractivity contribution in [2.24, 2.45) is 5.73 Å². The summed E-state index contributed by atoms with van der Waals surface area (Å²) in [6.45, 7) is 2.01. The Bertz CT molecular complexity index is 178. The van der Waals surface area contributed by atoms with E-state index >= 15 is 0 Å². The van der Waals surface area contributed by atoms with Gasteiger partial charge in [0.25, 0.3) is 0 Å². The summed E-state index contributed by atoms with van der Waals surface area (Å²) in [6.07, 6.45) is 1.78. The van der Waals surface area contributed by atoms with Crippen LogP contribution in [0.2, 0.25) is 0 Å². The molecule has 0 aromatic rings. The highest BCUT2D eigenvalue weighted by Crippen LogP contribution is 1.89. The Hall–Kier alpha value is -1.01. The SMILES string of the molecule is CCCC(N)C#CC(=O)OC. The topological polar surface area (TPSA) is 52.3 Å². The molecule has 1 unspecified atom stereocenters. The first kappa shape index (κ1) is 9.99. The Balaban J connectivity index is 3.76. The molecule has 2 N–H and O–H groups in total. The molecule has 0 rings (SSSR count). The zero-order valence-corrected chi connectivity index (χ0v) is 6.89. The van der Waals surface area contributed by atoms with Crippen molar-refractivity contribution >= 4 is 5.97 Å². The lowest BCUT2D eigenvalue weighted by Crippen LogP contribution is -2.17. The summed E-state index contributed by atoms with van der Waals surface area (Å²) in [5, 5.41) is 0. The molecule has 0 aliphatic rings. The van der Waals surface area contributed by atoms with Crippen molar-refractivity contribution in [3.05, 3.63) is 0 Å². The highest BCUT2D eigenvalue weighted by atomic mass is 16.5. The first-order valence-electron chi connectivity index (χ1n) is 3.55. The molecule has 3 heteroatoms. The van der Waals surface area contributed by atoms with Crippen LogP contribution in [0.25, 0.3) is 0 Å². The van der Waals surface area contributed by atoms with E-state index in [1.54, 1.807) is 0 Å². The Morgan fingerprint density at radius 1 is 1.73 bits per heavy atom. The minimum absolute atomic E-state index is 0.209. The van der Waals surface area contributed by atoms with Gasteiger partial charge in [0, 0.05) is 5.92 Å². The molecule has 0 spiro atoms. The van der Waals surface area contributed by atoms with Crippen molar-refractivity contribution in [2.45, 2.75) is 25.8 Å². The molecule has 0 aromatic heterocycles. The molecule has 0 aliphatic carbocycles. The number of carbonyl (C=O) groups is 1. The Kier molecular flexibility index (Phi) is 5.22. The molecule has 0 amide bonds. The van der Waals surface area contributed by atoms with Crippen molar-refractivity contribution in [3.63, 3.8) is 0 Å². The van der Waals surface area contributed by atoms with Gasteiger partial charge in [-0.25, -0.2) is 4.79 Å². The summed E-state index contributed by atoms with van der Waals surface area (Å²) in [6, 6.07) is -0.209. The molecule has 11 heavy (non-hydrogen) atoms. The highest BCUT2D eigenvalue weighted by molar-refractivity contribution is 5.88. The zero-order valence-electron chi connectivity index (χ0n) is 6.89. The van der Waals surface area contributed by atoms with E-state index in [1.807, 2.05) is 6.92 Å². The summed E-state index contributed by atoms with van der Waals surface area (Å²) >= 11 is 0. The molecule has 0 saturated carbocycles. The summed E-state index contributed by atoms with van der Waals surface area (Å²) in [5.41, 5.74) is 5.51. The van der Waals surface area contributed by atoms with Gasteiger partial charge in [-0.1, -0.05) is 19.3 Å². The van der Waals surface area contributed by atoms with Crippen LogP contribution in [-0.4, -0.2) is 19.1 Å². The number of ether oxygens (including phenoxy) is 1. The van der Waals surface area contributed by atoms with Crippen LogP contribution >= 0.6 is 0 Å². The predicted octanol–water partition coefficient (Wildman–Crippen LogP) is 0.290. The van der Waals surface area contributed by atoms with Gasteiger partial charge in [0.15, 0.2) is 0 Å². The average Bonchev–Trinajstić information content (AvgIpc) is 2.01. The number of hydrogen-bond acceptors (Lipinski definition) is 3. The quantitative estimate of drug-likeness (QED) is 0.354. The molecule has 0 fully saturated rings. The van der Waals surface area contributed by atoms with Crippen molar-refractivity contribution in [2.75, 3.05) is 7.11 Å². The van der Waals surface area contributed by atoms with Crippen LogP contribution in [0.4, 0.5) is 0 Å². The number of carbonyl (C=O) groups excluding carboxylic acids is 1. The monoisotopic (exact) mass is 155 g/mol. The van der Waals surface area contributed by atoms with Gasteiger partial charge in [0.1, 0.15) is 0 Å². The van der Waals surface area contributed by atoms with Crippen LogP contribution in [0, 0.1) is 11.8 Å². The summed E-state index contributed by atoms with van der Waals surface area (Å²) in [5.74, 6) is 4.34. The van der Waals surface area contributed by atoms with Crippen LogP contribution in [0.3, 0.4) is 0 Å². The first-order chi connectivity index (χ1) is 5.20. The maximum absolute atomic E-state index is 10.5. The van der Waals surface area contributed by atoms with Gasteiger partial charge in [-0.15, -0.1) is 0 Å². The number of nitrogens with two attached hydrogens (primary N) is 1. The average molecular weight is 155 g/mol. The third-order valence-corrected chi connectivity index (χ3v) is 1.14. The van der Waals surface area contributed by atoms with E-state index < -0.39 is 5.97 Å². The second kappa shape index (κ2) is 5.75. The van der Waals surface area contributed by atoms with Crippen molar-refractivity contribution in [1.29, 1.82) is 0 Å². The lowest BCUT2D eigenvalue weighted by molar-refractivity contribution is -0.133. The molecule has 1 atom stereocenters. The van der Waals surface area contributed by atoms with Crippen molar-refractivity contribution in [1.82, 2.24) is 0 Å². The Morgan fingerprint density at radius 3 is 2.82 bits per heavy atom. The van der Waals surface area contributed by atoms with E-state index in [-0.39, 0.29) is 6.04 Å². The summed E-state index contributed by atoms with van der Waals surface area (Å²) in [7, 11) is 1.29. The lowest BCUT2D eigenvalue weighted by Gasteiger charge is -1.97. The zero-order chi connectivity index (χ0) is 8.69. The predicted molar refractivity (Wildman–Crippen MR) is 42.7 cm³/mol. The molecule has 0 saturated heterocycles. The normalized spacial score (nSPS) is 11.2. The molecule has 0 bridgehead atoms. The van der Waals surface area contributed by atoms with Crippen LogP contribution < -0.4 is 5.73 Å². The van der Waals surface area contributed by atoms with E-state index in [4.69, 9.17) is 5.73 Å². The van der Waals surface area contributed by atoms with Crippen molar-refractivity contribution < 1.29 is 9.53 Å². The second-order valence-electron chi connectivity index (χ2n) is 2.16. The van der Waals surface area contributed by atoms with Crippen LogP contribution in [0.1, 0.15) is 19.8 Å². The fourth-order valence-electron chi connectivity index (χ4n) is 0.586. The fourth-order valence-corrected chi connectivity index (χ4v) is 0.586. The highest BCUT2D eigenvalue weighted by Gasteiger charge is 1.95. The van der Waals surface area contributed by atoms with Gasteiger partial charge in [-0.05, 0) is 6.42 Å². The minimum atomic E-state index is -0.531. The van der Waals surface area contributed by atoms with Crippen LogP contribution in [0.15, 0.2) is 0 Å². The Labute approximate surface area is 66.9 Å². The van der Waals surface area contributed by atoms with E-state index in [0.717, 1.165) is 12.8 Å². The maximum Gasteiger partial charge on any atom is 0.384 e. The van der Waals surface area contributed by atoms with Crippen molar-refractivity contribution in [3.8, 4) is 11.8 Å². The largest absolute Gasteiger partial charge is 0.459 e. The van der Waals surface area contributed by atoms with Gasteiger partial charge >= 0.3 is 5.97 Å². The lowest BCUT2D eigenvalue weighted by atomic mass is 10.2. The molecule has 3 nitrogen and oxygen atoms in total. The maximum atomic E-state index is 10.5. The smallest absolute Gasteiger partial charge is 0.384 e. The van der Waals surface area contributed by atoms with Gasteiger partial charge in [0.05, 0.1) is 13.2 Å². The van der Waals surface area contributed by atoms with Crippen LogP contribution in [-0.2, 0) is 9.53 Å². The van der Waals surface area contributed by atoms with E-state index in [9.17, 15) is 4.79 Å². The third-order valence-electron chi connectivity index (χ3n) is 1.14. The molecule has 0 aromatic carbocycles. The molecule has 0 aliphatic heterocycles. The van der Waals surface area contributed by atoms with Gasteiger partial charge in [0.2, 0.25) is 0 Å². The third kappa shape index (κ3) is 5.43. The van der Waals surface area contributed by atoms with E-state index in [1.165, 1.54) is 7.11 Å².